The van der Waals surface area contributed by atoms with Crippen LogP contribution in [0.3, 0.4) is 0 Å². The van der Waals surface area contributed by atoms with Crippen molar-refractivity contribution in [3.8, 4) is 0 Å². The van der Waals surface area contributed by atoms with Crippen LogP contribution in [0, 0.1) is 0 Å². The topological polar surface area (TPSA) is 116 Å². The normalized spacial score (nSPS) is 11.9. The second-order valence-electron chi connectivity index (χ2n) is 5.89. The van der Waals surface area contributed by atoms with Crippen molar-refractivity contribution in [2.75, 3.05) is 0 Å². The standard InChI is InChI=1S/C16H13ClN6O3S/c1-22-8-14(17)15(21-22)9-23-16(24)13-3-2-11(4-10(13)5-20-23)27(25,26)12-6-18-19-7-12/h2-8H,9H2,1H3,(H,18,19). The van der Waals surface area contributed by atoms with Gasteiger partial charge in [0.1, 0.15) is 10.6 Å². The fourth-order valence-electron chi connectivity index (χ4n) is 2.72. The molecule has 0 atom stereocenters. The molecule has 9 nitrogen and oxygen atoms in total. The molecule has 0 aliphatic rings. The van der Waals surface area contributed by atoms with Crippen LogP contribution in [0.15, 0.2) is 57.6 Å². The number of halogens is 1. The summed E-state index contributed by atoms with van der Waals surface area (Å²) in [7, 11) is -1.99. The van der Waals surface area contributed by atoms with Crippen LogP contribution in [0.1, 0.15) is 5.69 Å². The molecule has 0 unspecified atom stereocenters. The first-order valence-corrected chi connectivity index (χ1v) is 9.64. The Hall–Kier alpha value is -2.98. The van der Waals surface area contributed by atoms with Crippen molar-refractivity contribution < 1.29 is 8.42 Å². The van der Waals surface area contributed by atoms with Gasteiger partial charge in [0.2, 0.25) is 9.84 Å². The average molecular weight is 405 g/mol. The van der Waals surface area contributed by atoms with E-state index in [4.69, 9.17) is 11.6 Å². The smallest absolute Gasteiger partial charge is 0.274 e. The molecule has 1 N–H and O–H groups in total. The van der Waals surface area contributed by atoms with E-state index in [-0.39, 0.29) is 21.9 Å². The van der Waals surface area contributed by atoms with Crippen molar-refractivity contribution in [1.82, 2.24) is 29.8 Å². The Kier molecular flexibility index (Phi) is 4.08. The van der Waals surface area contributed by atoms with Crippen LogP contribution in [-0.4, -0.2) is 38.2 Å². The van der Waals surface area contributed by atoms with E-state index in [2.05, 4.69) is 20.4 Å². The summed E-state index contributed by atoms with van der Waals surface area (Å²) in [6.07, 6.45) is 5.61. The van der Waals surface area contributed by atoms with Crippen LogP contribution in [0.25, 0.3) is 10.8 Å². The lowest BCUT2D eigenvalue weighted by Crippen LogP contribution is -2.23. The number of nitrogens with zero attached hydrogens (tertiary/aromatic N) is 5. The van der Waals surface area contributed by atoms with Gasteiger partial charge in [-0.2, -0.15) is 15.3 Å². The van der Waals surface area contributed by atoms with Gasteiger partial charge in [0, 0.05) is 24.8 Å². The molecule has 0 saturated heterocycles. The van der Waals surface area contributed by atoms with Gasteiger partial charge in [0.05, 0.1) is 34.2 Å². The first-order valence-electron chi connectivity index (χ1n) is 7.78. The number of aryl methyl sites for hydroxylation is 1. The van der Waals surface area contributed by atoms with E-state index in [0.29, 0.717) is 21.5 Å². The predicted molar refractivity (Wildman–Crippen MR) is 97.4 cm³/mol. The largest absolute Gasteiger partial charge is 0.284 e. The minimum Gasteiger partial charge on any atom is -0.284 e. The van der Waals surface area contributed by atoms with Gasteiger partial charge in [-0.25, -0.2) is 13.1 Å². The zero-order valence-electron chi connectivity index (χ0n) is 14.0. The first kappa shape index (κ1) is 17.4. The summed E-state index contributed by atoms with van der Waals surface area (Å²) in [4.78, 5) is 12.8. The summed E-state index contributed by atoms with van der Waals surface area (Å²) in [6, 6.07) is 4.29. The summed E-state index contributed by atoms with van der Waals surface area (Å²) >= 11 is 6.08. The number of H-pyrrole nitrogens is 1. The predicted octanol–water partition coefficient (Wildman–Crippen LogP) is 1.39. The molecule has 4 aromatic rings. The van der Waals surface area contributed by atoms with Gasteiger partial charge in [0.25, 0.3) is 5.56 Å². The van der Waals surface area contributed by atoms with E-state index in [9.17, 15) is 13.2 Å². The first-order chi connectivity index (χ1) is 12.9. The minimum absolute atomic E-state index is 0.0490. The monoisotopic (exact) mass is 404 g/mol. The Morgan fingerprint density at radius 3 is 2.70 bits per heavy atom. The quantitative estimate of drug-likeness (QED) is 0.549. The zero-order chi connectivity index (χ0) is 19.2. The molecule has 1 aromatic carbocycles. The molecular formula is C16H13ClN6O3S. The van der Waals surface area contributed by atoms with Gasteiger partial charge in [-0.1, -0.05) is 11.6 Å². The lowest BCUT2D eigenvalue weighted by atomic mass is 10.2. The number of sulfone groups is 1. The second-order valence-corrected chi connectivity index (χ2v) is 8.25. The van der Waals surface area contributed by atoms with E-state index >= 15 is 0 Å². The molecule has 138 valence electrons. The molecule has 0 amide bonds. The Morgan fingerprint density at radius 2 is 2.04 bits per heavy atom. The summed E-state index contributed by atoms with van der Waals surface area (Å²) in [6.45, 7) is 0.115. The molecule has 0 bridgehead atoms. The molecule has 0 fully saturated rings. The van der Waals surface area contributed by atoms with Gasteiger partial charge in [-0.05, 0) is 18.2 Å². The SMILES string of the molecule is Cn1cc(Cl)c(Cn2ncc3cc(S(=O)(=O)c4cn[nH]c4)ccc3c2=O)n1. The summed E-state index contributed by atoms with van der Waals surface area (Å²) in [5, 5.41) is 15.7. The van der Waals surface area contributed by atoms with E-state index in [0.717, 1.165) is 0 Å². The number of rotatable bonds is 4. The molecule has 0 aliphatic carbocycles. The van der Waals surface area contributed by atoms with Crippen molar-refractivity contribution in [1.29, 1.82) is 0 Å². The molecule has 27 heavy (non-hydrogen) atoms. The van der Waals surface area contributed by atoms with Crippen molar-refractivity contribution >= 4 is 32.2 Å². The number of aromatic amines is 1. The van der Waals surface area contributed by atoms with E-state index < -0.39 is 9.84 Å². The molecule has 3 aromatic heterocycles. The highest BCUT2D eigenvalue weighted by molar-refractivity contribution is 7.91. The highest BCUT2D eigenvalue weighted by Crippen LogP contribution is 2.22. The molecule has 0 radical (unpaired) electrons. The lowest BCUT2D eigenvalue weighted by Gasteiger charge is -2.07. The maximum Gasteiger partial charge on any atom is 0.274 e. The third-order valence-electron chi connectivity index (χ3n) is 4.07. The number of aromatic nitrogens is 6. The van der Waals surface area contributed by atoms with Crippen LogP contribution in [-0.2, 0) is 23.4 Å². The van der Waals surface area contributed by atoms with Crippen molar-refractivity contribution in [3.05, 3.63) is 64.1 Å². The number of fused-ring (bicyclic) bond motifs is 1. The molecule has 4 rings (SSSR count). The Bertz CT molecular complexity index is 1310. The maximum atomic E-state index is 12.7. The zero-order valence-corrected chi connectivity index (χ0v) is 15.6. The van der Waals surface area contributed by atoms with Gasteiger partial charge >= 0.3 is 0 Å². The molecular weight excluding hydrogens is 392 g/mol. The fraction of sp³-hybridized carbons (Fsp3) is 0.125. The fourth-order valence-corrected chi connectivity index (χ4v) is 4.16. The number of benzene rings is 1. The third-order valence-corrected chi connectivity index (χ3v) is 6.11. The number of nitrogens with one attached hydrogen (secondary N) is 1. The summed E-state index contributed by atoms with van der Waals surface area (Å²) in [5.41, 5.74) is 0.161. The Labute approximate surface area is 158 Å². The molecule has 11 heteroatoms. The highest BCUT2D eigenvalue weighted by Gasteiger charge is 2.20. The second kappa shape index (κ2) is 6.32. The van der Waals surface area contributed by atoms with Crippen molar-refractivity contribution in [3.63, 3.8) is 0 Å². The van der Waals surface area contributed by atoms with Crippen LogP contribution >= 0.6 is 11.6 Å². The van der Waals surface area contributed by atoms with E-state index in [1.807, 2.05) is 0 Å². The average Bonchev–Trinajstić information content (AvgIpc) is 3.27. The van der Waals surface area contributed by atoms with E-state index in [1.54, 1.807) is 17.9 Å². The summed E-state index contributed by atoms with van der Waals surface area (Å²) < 4.78 is 28.0. The van der Waals surface area contributed by atoms with Crippen molar-refractivity contribution in [2.24, 2.45) is 7.05 Å². The van der Waals surface area contributed by atoms with Crippen LogP contribution in [0.2, 0.25) is 5.02 Å². The molecule has 3 heterocycles. The van der Waals surface area contributed by atoms with Gasteiger partial charge in [0.15, 0.2) is 0 Å². The minimum atomic E-state index is -3.72. The Balaban J connectivity index is 1.77. The Morgan fingerprint density at radius 1 is 1.22 bits per heavy atom. The third kappa shape index (κ3) is 3.02. The molecule has 0 spiro atoms. The number of hydrogen-bond donors (Lipinski definition) is 1. The van der Waals surface area contributed by atoms with Gasteiger partial charge in [-0.3, -0.25) is 14.6 Å². The molecule has 0 saturated carbocycles. The molecule has 0 aliphatic heterocycles. The lowest BCUT2D eigenvalue weighted by molar-refractivity contribution is 0.596. The van der Waals surface area contributed by atoms with Crippen LogP contribution < -0.4 is 5.56 Å². The maximum absolute atomic E-state index is 12.7. The van der Waals surface area contributed by atoms with Gasteiger partial charge < -0.3 is 0 Å². The summed E-state index contributed by atoms with van der Waals surface area (Å²) in [5.74, 6) is 0. The number of hydrogen-bond acceptors (Lipinski definition) is 6. The van der Waals surface area contributed by atoms with Gasteiger partial charge in [-0.15, -0.1) is 0 Å². The van der Waals surface area contributed by atoms with E-state index in [1.165, 1.54) is 41.5 Å². The van der Waals surface area contributed by atoms with Crippen LogP contribution in [0.4, 0.5) is 0 Å². The van der Waals surface area contributed by atoms with Crippen LogP contribution in [0.5, 0.6) is 0 Å². The highest BCUT2D eigenvalue weighted by atomic mass is 35.5. The van der Waals surface area contributed by atoms with Crippen molar-refractivity contribution in [2.45, 2.75) is 16.3 Å².